The lowest BCUT2D eigenvalue weighted by Crippen LogP contribution is -2.19. The van der Waals surface area contributed by atoms with Crippen LogP contribution in [0.15, 0.2) is 74.9 Å². The molecule has 31 heavy (non-hydrogen) atoms. The predicted octanol–water partition coefficient (Wildman–Crippen LogP) is 5.70. The van der Waals surface area contributed by atoms with Crippen molar-refractivity contribution in [3.05, 3.63) is 60.7 Å². The largest absolute Gasteiger partial charge is 0.456 e. The lowest BCUT2D eigenvalue weighted by molar-refractivity contribution is -0.118. The fourth-order valence-electron chi connectivity index (χ4n) is 3.23. The average molecular weight is 455 g/mol. The maximum atomic E-state index is 13.0. The molecule has 4 aromatic rings. The van der Waals surface area contributed by atoms with Gasteiger partial charge in [-0.2, -0.15) is 0 Å². The Hall–Kier alpha value is -2.97. The SMILES string of the molecule is CSc1ccc(S(=O)(=O)Nc2ccc3c(c2)oc2ccccc23)cc1NC(=O)C(C)C. The highest BCUT2D eigenvalue weighted by molar-refractivity contribution is 7.98. The van der Waals surface area contributed by atoms with Crippen LogP contribution in [0.5, 0.6) is 0 Å². The second-order valence-electron chi connectivity index (χ2n) is 7.42. The van der Waals surface area contributed by atoms with Crippen molar-refractivity contribution in [2.24, 2.45) is 5.92 Å². The minimum Gasteiger partial charge on any atom is -0.456 e. The third-order valence-electron chi connectivity index (χ3n) is 4.89. The van der Waals surface area contributed by atoms with E-state index in [9.17, 15) is 13.2 Å². The molecule has 0 unspecified atom stereocenters. The van der Waals surface area contributed by atoms with Crippen LogP contribution in [0, 0.1) is 5.92 Å². The van der Waals surface area contributed by atoms with E-state index in [0.717, 1.165) is 21.3 Å². The smallest absolute Gasteiger partial charge is 0.261 e. The van der Waals surface area contributed by atoms with E-state index in [1.54, 1.807) is 32.0 Å². The highest BCUT2D eigenvalue weighted by Crippen LogP contribution is 2.32. The number of amides is 1. The number of anilines is 2. The van der Waals surface area contributed by atoms with Crippen molar-refractivity contribution in [3.63, 3.8) is 0 Å². The molecule has 1 aromatic heterocycles. The first kappa shape index (κ1) is 21.3. The summed E-state index contributed by atoms with van der Waals surface area (Å²) in [6, 6.07) is 17.6. The standard InChI is InChI=1S/C23H22N2O4S2/c1-14(2)23(26)24-19-13-16(9-11-22(19)30-3)31(27,28)25-15-8-10-18-17-6-4-5-7-20(17)29-21(18)12-15/h4-14,25H,1-3H3,(H,24,26). The van der Waals surface area contributed by atoms with Crippen LogP contribution < -0.4 is 10.0 Å². The second kappa shape index (κ2) is 8.28. The number of benzene rings is 3. The molecule has 0 aliphatic rings. The van der Waals surface area contributed by atoms with Gasteiger partial charge in [-0.1, -0.05) is 32.0 Å². The van der Waals surface area contributed by atoms with Crippen molar-refractivity contribution in [3.8, 4) is 0 Å². The van der Waals surface area contributed by atoms with E-state index in [4.69, 9.17) is 4.42 Å². The second-order valence-corrected chi connectivity index (χ2v) is 9.95. The molecule has 0 atom stereocenters. The summed E-state index contributed by atoms with van der Waals surface area (Å²) in [5.74, 6) is -0.392. The van der Waals surface area contributed by atoms with Crippen molar-refractivity contribution >= 4 is 61.0 Å². The van der Waals surface area contributed by atoms with Gasteiger partial charge in [-0.25, -0.2) is 8.42 Å². The van der Waals surface area contributed by atoms with Crippen LogP contribution in [0.4, 0.5) is 11.4 Å². The Labute approximate surface area is 185 Å². The summed E-state index contributed by atoms with van der Waals surface area (Å²) in [5, 5.41) is 4.70. The number of hydrogen-bond donors (Lipinski definition) is 2. The van der Waals surface area contributed by atoms with E-state index >= 15 is 0 Å². The first-order valence-corrected chi connectivity index (χ1v) is 12.4. The number of sulfonamides is 1. The molecule has 4 rings (SSSR count). The number of rotatable bonds is 6. The van der Waals surface area contributed by atoms with Crippen LogP contribution >= 0.6 is 11.8 Å². The molecule has 0 aliphatic carbocycles. The Bertz CT molecular complexity index is 1390. The monoisotopic (exact) mass is 454 g/mol. The number of carbonyl (C=O) groups is 1. The number of thioether (sulfide) groups is 1. The Morgan fingerprint density at radius 1 is 0.968 bits per heavy atom. The topological polar surface area (TPSA) is 88.4 Å². The molecule has 1 amide bonds. The molecular formula is C23H22N2O4S2. The van der Waals surface area contributed by atoms with E-state index in [-0.39, 0.29) is 16.7 Å². The number of hydrogen-bond acceptors (Lipinski definition) is 5. The van der Waals surface area contributed by atoms with Gasteiger partial charge in [0.1, 0.15) is 11.2 Å². The maximum absolute atomic E-state index is 13.0. The summed E-state index contributed by atoms with van der Waals surface area (Å²) in [6.45, 7) is 3.56. The van der Waals surface area contributed by atoms with E-state index in [0.29, 0.717) is 17.0 Å². The highest BCUT2D eigenvalue weighted by Gasteiger charge is 2.19. The number of nitrogens with one attached hydrogen (secondary N) is 2. The van der Waals surface area contributed by atoms with E-state index in [1.165, 1.54) is 23.9 Å². The van der Waals surface area contributed by atoms with Crippen LogP contribution in [0.2, 0.25) is 0 Å². The summed E-state index contributed by atoms with van der Waals surface area (Å²) in [4.78, 5) is 13.0. The molecular weight excluding hydrogens is 432 g/mol. The van der Waals surface area contributed by atoms with E-state index < -0.39 is 10.0 Å². The van der Waals surface area contributed by atoms with Crippen molar-refractivity contribution in [2.45, 2.75) is 23.6 Å². The Balaban J connectivity index is 1.66. The van der Waals surface area contributed by atoms with Crippen LogP contribution in [0.1, 0.15) is 13.8 Å². The molecule has 0 spiro atoms. The van der Waals surface area contributed by atoms with Gasteiger partial charge in [0.15, 0.2) is 0 Å². The molecule has 0 radical (unpaired) electrons. The van der Waals surface area contributed by atoms with Gasteiger partial charge in [0.25, 0.3) is 10.0 Å². The van der Waals surface area contributed by atoms with Crippen LogP contribution in [-0.2, 0) is 14.8 Å². The molecule has 3 aromatic carbocycles. The predicted molar refractivity (Wildman–Crippen MR) is 126 cm³/mol. The van der Waals surface area contributed by atoms with Crippen molar-refractivity contribution < 1.29 is 17.6 Å². The van der Waals surface area contributed by atoms with Gasteiger partial charge in [-0.05, 0) is 42.7 Å². The zero-order chi connectivity index (χ0) is 22.2. The molecule has 160 valence electrons. The molecule has 0 aliphatic heterocycles. The zero-order valence-corrected chi connectivity index (χ0v) is 18.9. The van der Waals surface area contributed by atoms with Gasteiger partial charge in [0, 0.05) is 27.7 Å². The molecule has 1 heterocycles. The van der Waals surface area contributed by atoms with Gasteiger partial charge in [-0.3, -0.25) is 9.52 Å². The van der Waals surface area contributed by atoms with Crippen molar-refractivity contribution in [1.29, 1.82) is 0 Å². The van der Waals surface area contributed by atoms with Gasteiger partial charge in [0.05, 0.1) is 16.3 Å². The van der Waals surface area contributed by atoms with Crippen molar-refractivity contribution in [1.82, 2.24) is 0 Å². The molecule has 6 nitrogen and oxygen atoms in total. The molecule has 8 heteroatoms. The fourth-order valence-corrected chi connectivity index (χ4v) is 4.84. The first-order chi connectivity index (χ1) is 14.8. The number of carbonyl (C=O) groups excluding carboxylic acids is 1. The quantitative estimate of drug-likeness (QED) is 0.365. The lowest BCUT2D eigenvalue weighted by atomic mass is 10.1. The summed E-state index contributed by atoms with van der Waals surface area (Å²) < 4.78 is 34.5. The van der Waals surface area contributed by atoms with Gasteiger partial charge >= 0.3 is 0 Å². The van der Waals surface area contributed by atoms with Crippen LogP contribution in [0.3, 0.4) is 0 Å². The minimum atomic E-state index is -3.87. The number of para-hydroxylation sites is 1. The van der Waals surface area contributed by atoms with Gasteiger partial charge < -0.3 is 9.73 Å². The number of furan rings is 1. The van der Waals surface area contributed by atoms with Crippen LogP contribution in [-0.4, -0.2) is 20.6 Å². The first-order valence-electron chi connectivity index (χ1n) is 9.71. The normalized spacial score (nSPS) is 11.9. The molecule has 2 N–H and O–H groups in total. The lowest BCUT2D eigenvalue weighted by Gasteiger charge is -2.14. The molecule has 0 fully saturated rings. The van der Waals surface area contributed by atoms with E-state index in [2.05, 4.69) is 10.0 Å². The van der Waals surface area contributed by atoms with Crippen molar-refractivity contribution in [2.75, 3.05) is 16.3 Å². The van der Waals surface area contributed by atoms with Gasteiger partial charge in [0.2, 0.25) is 5.91 Å². The van der Waals surface area contributed by atoms with E-state index in [1.807, 2.05) is 36.6 Å². The molecule has 0 bridgehead atoms. The summed E-state index contributed by atoms with van der Waals surface area (Å²) in [5.41, 5.74) is 2.22. The Kier molecular flexibility index (Phi) is 5.68. The Morgan fingerprint density at radius 2 is 1.71 bits per heavy atom. The maximum Gasteiger partial charge on any atom is 0.261 e. The third-order valence-corrected chi connectivity index (χ3v) is 7.07. The van der Waals surface area contributed by atoms with Gasteiger partial charge in [-0.15, -0.1) is 11.8 Å². The molecule has 0 saturated heterocycles. The fraction of sp³-hybridized carbons (Fsp3) is 0.174. The molecule has 0 saturated carbocycles. The number of fused-ring (bicyclic) bond motifs is 3. The zero-order valence-electron chi connectivity index (χ0n) is 17.3. The third kappa shape index (κ3) is 4.26. The average Bonchev–Trinajstić information content (AvgIpc) is 3.11. The highest BCUT2D eigenvalue weighted by atomic mass is 32.2. The summed E-state index contributed by atoms with van der Waals surface area (Å²) >= 11 is 1.43. The summed E-state index contributed by atoms with van der Waals surface area (Å²) in [6.07, 6.45) is 1.87. The van der Waals surface area contributed by atoms with Crippen LogP contribution in [0.25, 0.3) is 21.9 Å². The minimum absolute atomic E-state index is 0.0639. The summed E-state index contributed by atoms with van der Waals surface area (Å²) in [7, 11) is -3.87. The Morgan fingerprint density at radius 3 is 2.45 bits per heavy atom.